The number of benzene rings is 2. The van der Waals surface area contributed by atoms with Crippen molar-refractivity contribution in [3.63, 3.8) is 0 Å². The molecule has 0 atom stereocenters. The number of hydrogen-bond donors (Lipinski definition) is 2. The number of ether oxygens (including phenoxy) is 2. The second-order valence-corrected chi connectivity index (χ2v) is 6.64. The van der Waals surface area contributed by atoms with Crippen molar-refractivity contribution in [1.82, 2.24) is 0 Å². The topological polar surface area (TPSA) is 105 Å². The fourth-order valence-electron chi connectivity index (χ4n) is 2.55. The number of amides is 2. The molecule has 0 aliphatic heterocycles. The van der Waals surface area contributed by atoms with Crippen LogP contribution in [0.1, 0.15) is 36.7 Å². The molecule has 0 aliphatic rings. The third-order valence-corrected chi connectivity index (χ3v) is 3.81. The van der Waals surface area contributed by atoms with Crippen LogP contribution in [0.15, 0.2) is 36.4 Å². The van der Waals surface area contributed by atoms with Crippen LogP contribution in [-0.4, -0.2) is 19.1 Å². The minimum absolute atomic E-state index is 0.231. The lowest BCUT2D eigenvalue weighted by Gasteiger charge is -2.23. The van der Waals surface area contributed by atoms with Crippen molar-refractivity contribution in [2.45, 2.75) is 26.2 Å². The molecular formula is C19H22N2O4. The number of primary amides is 2. The first-order chi connectivity index (χ1) is 11.6. The Kier molecular flexibility index (Phi) is 5.02. The molecule has 2 amide bonds. The first-order valence-corrected chi connectivity index (χ1v) is 7.74. The van der Waals surface area contributed by atoms with Crippen LogP contribution >= 0.6 is 0 Å². The van der Waals surface area contributed by atoms with Crippen LogP contribution in [0.2, 0.25) is 0 Å². The van der Waals surface area contributed by atoms with Gasteiger partial charge in [-0.1, -0.05) is 39.0 Å². The van der Waals surface area contributed by atoms with E-state index in [9.17, 15) is 9.59 Å². The van der Waals surface area contributed by atoms with Gasteiger partial charge in [-0.05, 0) is 29.2 Å². The highest BCUT2D eigenvalue weighted by atomic mass is 16.5. The molecule has 0 radical (unpaired) electrons. The SMILES string of the molecule is COc1c(C(N)=O)cc(C(C)(C)C)cc1-c1ccccc1OC(N)=O. The Hall–Kier alpha value is -3.02. The molecule has 0 heterocycles. The van der Waals surface area contributed by atoms with Crippen LogP contribution in [0.4, 0.5) is 4.79 Å². The van der Waals surface area contributed by atoms with Gasteiger partial charge >= 0.3 is 6.09 Å². The standard InChI is InChI=1S/C19H22N2O4/c1-19(2,3)11-9-13(16(24-4)14(10-11)17(20)22)12-7-5-6-8-15(12)25-18(21)23/h5-10H,1-4H3,(H2,20,22)(H2,21,23). The van der Waals surface area contributed by atoms with E-state index in [4.69, 9.17) is 20.9 Å². The molecule has 25 heavy (non-hydrogen) atoms. The fraction of sp³-hybridized carbons (Fsp3) is 0.263. The molecule has 2 rings (SSSR count). The third-order valence-electron chi connectivity index (χ3n) is 3.81. The van der Waals surface area contributed by atoms with Crippen molar-refractivity contribution < 1.29 is 19.1 Å². The van der Waals surface area contributed by atoms with E-state index in [1.54, 1.807) is 30.3 Å². The second-order valence-electron chi connectivity index (χ2n) is 6.64. The summed E-state index contributed by atoms with van der Waals surface area (Å²) in [5, 5.41) is 0. The maximum absolute atomic E-state index is 11.9. The lowest BCUT2D eigenvalue weighted by molar-refractivity contribution is 0.0997. The van der Waals surface area contributed by atoms with Gasteiger partial charge in [0, 0.05) is 11.1 Å². The van der Waals surface area contributed by atoms with Gasteiger partial charge in [0.15, 0.2) is 0 Å². The van der Waals surface area contributed by atoms with Gasteiger partial charge in [-0.2, -0.15) is 0 Å². The second kappa shape index (κ2) is 6.84. The Balaban J connectivity index is 2.82. The molecule has 0 spiro atoms. The van der Waals surface area contributed by atoms with Crippen molar-refractivity contribution in [2.24, 2.45) is 11.5 Å². The summed E-state index contributed by atoms with van der Waals surface area (Å²) in [6.45, 7) is 6.07. The van der Waals surface area contributed by atoms with Crippen LogP contribution in [0.5, 0.6) is 11.5 Å². The van der Waals surface area contributed by atoms with E-state index in [1.807, 2.05) is 26.8 Å². The van der Waals surface area contributed by atoms with Crippen molar-refractivity contribution in [2.75, 3.05) is 7.11 Å². The lowest BCUT2D eigenvalue weighted by Crippen LogP contribution is -2.18. The predicted molar refractivity (Wildman–Crippen MR) is 95.9 cm³/mol. The Morgan fingerprint density at radius 2 is 1.64 bits per heavy atom. The highest BCUT2D eigenvalue weighted by Gasteiger charge is 2.24. The first kappa shape index (κ1) is 18.3. The maximum atomic E-state index is 11.9. The van der Waals surface area contributed by atoms with Crippen LogP contribution in [0, 0.1) is 0 Å². The lowest BCUT2D eigenvalue weighted by atomic mass is 9.83. The Labute approximate surface area is 146 Å². The van der Waals surface area contributed by atoms with Gasteiger partial charge in [0.1, 0.15) is 11.5 Å². The predicted octanol–water partition coefficient (Wildman–Crippen LogP) is 3.22. The summed E-state index contributed by atoms with van der Waals surface area (Å²) in [7, 11) is 1.46. The zero-order valence-electron chi connectivity index (χ0n) is 14.8. The van der Waals surface area contributed by atoms with Gasteiger partial charge < -0.3 is 20.9 Å². The van der Waals surface area contributed by atoms with Gasteiger partial charge in [0.2, 0.25) is 0 Å². The van der Waals surface area contributed by atoms with E-state index in [0.717, 1.165) is 5.56 Å². The normalized spacial score (nSPS) is 11.0. The summed E-state index contributed by atoms with van der Waals surface area (Å²) >= 11 is 0. The zero-order valence-corrected chi connectivity index (χ0v) is 14.8. The van der Waals surface area contributed by atoms with E-state index >= 15 is 0 Å². The van der Waals surface area contributed by atoms with Crippen LogP contribution in [0.3, 0.4) is 0 Å². The monoisotopic (exact) mass is 342 g/mol. The van der Waals surface area contributed by atoms with E-state index < -0.39 is 12.0 Å². The summed E-state index contributed by atoms with van der Waals surface area (Å²) in [6, 6.07) is 10.5. The van der Waals surface area contributed by atoms with Crippen molar-refractivity contribution >= 4 is 12.0 Å². The molecule has 0 saturated heterocycles. The molecule has 6 nitrogen and oxygen atoms in total. The van der Waals surface area contributed by atoms with Crippen LogP contribution < -0.4 is 20.9 Å². The van der Waals surface area contributed by atoms with Gasteiger partial charge in [-0.15, -0.1) is 0 Å². The molecule has 0 fully saturated rings. The molecule has 2 aromatic carbocycles. The van der Waals surface area contributed by atoms with Crippen molar-refractivity contribution in [3.8, 4) is 22.6 Å². The molecule has 132 valence electrons. The zero-order chi connectivity index (χ0) is 18.8. The molecular weight excluding hydrogens is 320 g/mol. The summed E-state index contributed by atoms with van der Waals surface area (Å²) in [6.07, 6.45) is -0.923. The Morgan fingerprint density at radius 3 is 2.16 bits per heavy atom. The summed E-state index contributed by atoms with van der Waals surface area (Å²) in [5.74, 6) is -0.00620. The van der Waals surface area contributed by atoms with Crippen LogP contribution in [0.25, 0.3) is 11.1 Å². The van der Waals surface area contributed by atoms with Gasteiger partial charge in [-0.3, -0.25) is 4.79 Å². The van der Waals surface area contributed by atoms with E-state index in [1.165, 1.54) is 7.11 Å². The highest BCUT2D eigenvalue weighted by molar-refractivity contribution is 5.99. The Bertz CT molecular complexity index is 823. The van der Waals surface area contributed by atoms with Crippen molar-refractivity contribution in [1.29, 1.82) is 0 Å². The largest absolute Gasteiger partial charge is 0.495 e. The van der Waals surface area contributed by atoms with Crippen molar-refractivity contribution in [3.05, 3.63) is 47.5 Å². The molecule has 4 N–H and O–H groups in total. The maximum Gasteiger partial charge on any atom is 0.409 e. The van der Waals surface area contributed by atoms with Gasteiger partial charge in [-0.25, -0.2) is 4.79 Å². The number of methoxy groups -OCH3 is 1. The molecule has 0 unspecified atom stereocenters. The molecule has 2 aromatic rings. The minimum atomic E-state index is -0.923. The number of hydrogen-bond acceptors (Lipinski definition) is 4. The van der Waals surface area contributed by atoms with E-state index in [-0.39, 0.29) is 16.7 Å². The molecule has 0 bridgehead atoms. The number of rotatable bonds is 4. The quantitative estimate of drug-likeness (QED) is 0.890. The summed E-state index contributed by atoms with van der Waals surface area (Å²) in [5.41, 5.74) is 12.8. The van der Waals surface area contributed by atoms with E-state index in [2.05, 4.69) is 0 Å². The Morgan fingerprint density at radius 1 is 1.00 bits per heavy atom. The molecule has 0 saturated carbocycles. The van der Waals surface area contributed by atoms with Gasteiger partial charge in [0.25, 0.3) is 5.91 Å². The van der Waals surface area contributed by atoms with Gasteiger partial charge in [0.05, 0.1) is 12.7 Å². The average Bonchev–Trinajstić information content (AvgIpc) is 2.52. The summed E-state index contributed by atoms with van der Waals surface area (Å²) in [4.78, 5) is 23.1. The minimum Gasteiger partial charge on any atom is -0.495 e. The molecule has 0 aliphatic carbocycles. The fourth-order valence-corrected chi connectivity index (χ4v) is 2.55. The first-order valence-electron chi connectivity index (χ1n) is 7.74. The number of carbonyl (C=O) groups excluding carboxylic acids is 2. The number of nitrogens with two attached hydrogens (primary N) is 2. The van der Waals surface area contributed by atoms with E-state index in [0.29, 0.717) is 16.9 Å². The molecule has 0 aromatic heterocycles. The average molecular weight is 342 g/mol. The summed E-state index contributed by atoms with van der Waals surface area (Å²) < 4.78 is 10.5. The smallest absolute Gasteiger partial charge is 0.409 e. The number of para-hydroxylation sites is 1. The number of carbonyl (C=O) groups is 2. The van der Waals surface area contributed by atoms with Crippen LogP contribution in [-0.2, 0) is 5.41 Å². The highest BCUT2D eigenvalue weighted by Crippen LogP contribution is 2.41. The molecule has 6 heteroatoms. The third kappa shape index (κ3) is 3.91.